The molecule has 4 rings (SSSR count). The Morgan fingerprint density at radius 1 is 0.755 bits per heavy atom. The van der Waals surface area contributed by atoms with Crippen LogP contribution in [0.25, 0.3) is 10.8 Å². The lowest BCUT2D eigenvalue weighted by molar-refractivity contribution is -0.139. The number of carbonyl (C=O) groups excluding carboxylic acids is 1. The number of esters is 1. The van der Waals surface area contributed by atoms with Crippen molar-refractivity contribution < 1.29 is 14.3 Å². The summed E-state index contributed by atoms with van der Waals surface area (Å²) in [5.74, 6) is 0.626. The molecule has 6 heteroatoms. The molecule has 0 fully saturated rings. The maximum absolute atomic E-state index is 11.4. The van der Waals surface area contributed by atoms with Crippen molar-refractivity contribution in [3.05, 3.63) is 108 Å². The van der Waals surface area contributed by atoms with Crippen molar-refractivity contribution >= 4 is 33.8 Å². The highest BCUT2D eigenvalue weighted by Gasteiger charge is 2.32. The minimum Gasteiger partial charge on any atom is -0.494 e. The number of carbonyl (C=O) groups is 1. The number of hydrogen-bond acceptors (Lipinski definition) is 6. The Bertz CT molecular complexity index is 1800. The first-order valence-electron chi connectivity index (χ1n) is 19.7. The van der Waals surface area contributed by atoms with Crippen LogP contribution in [0.5, 0.6) is 5.75 Å². The molecule has 0 bridgehead atoms. The molecule has 0 aliphatic heterocycles. The molecular formula is C47H63N3O3. The molecule has 0 heterocycles. The number of nitrogens with zero attached hydrogens (tertiary/aromatic N) is 2. The Morgan fingerprint density at radius 2 is 1.40 bits per heavy atom. The SMILES string of the molecule is C=C(C)C(=O)OCCCCCCCCCCOc1ccc(CNc2ccc(/N=N/c3ccc(CCC(C)(C)C(C)(C)C)c(C)c3)c3ccccc23)cc1. The van der Waals surface area contributed by atoms with Gasteiger partial charge in [-0.3, -0.25) is 0 Å². The summed E-state index contributed by atoms with van der Waals surface area (Å²) in [7, 11) is 0. The van der Waals surface area contributed by atoms with E-state index in [9.17, 15) is 4.79 Å². The van der Waals surface area contributed by atoms with Crippen LogP contribution in [-0.2, 0) is 22.5 Å². The first kappa shape index (κ1) is 41.3. The van der Waals surface area contributed by atoms with Crippen LogP contribution in [0.2, 0.25) is 0 Å². The molecule has 0 aliphatic rings. The van der Waals surface area contributed by atoms with Gasteiger partial charge in [-0.1, -0.05) is 122 Å². The van der Waals surface area contributed by atoms with Crippen molar-refractivity contribution in [3.8, 4) is 5.75 Å². The quantitative estimate of drug-likeness (QED) is 0.0403. The number of anilines is 1. The lowest BCUT2D eigenvalue weighted by Gasteiger charge is -2.39. The topological polar surface area (TPSA) is 72.3 Å². The zero-order chi connectivity index (χ0) is 38.3. The number of benzene rings is 4. The summed E-state index contributed by atoms with van der Waals surface area (Å²) in [5, 5.41) is 15.2. The average molecular weight is 718 g/mol. The summed E-state index contributed by atoms with van der Waals surface area (Å²) in [4.78, 5) is 11.4. The van der Waals surface area contributed by atoms with E-state index >= 15 is 0 Å². The second-order valence-corrected chi connectivity index (χ2v) is 16.2. The van der Waals surface area contributed by atoms with Gasteiger partial charge in [-0.05, 0) is 103 Å². The highest BCUT2D eigenvalue weighted by Crippen LogP contribution is 2.42. The van der Waals surface area contributed by atoms with Gasteiger partial charge in [0.25, 0.3) is 0 Å². The third-order valence-corrected chi connectivity index (χ3v) is 10.8. The highest BCUT2D eigenvalue weighted by atomic mass is 16.5. The Hall–Kier alpha value is -4.45. The molecule has 0 saturated heterocycles. The van der Waals surface area contributed by atoms with Crippen molar-refractivity contribution in [2.45, 2.75) is 119 Å². The van der Waals surface area contributed by atoms with E-state index in [2.05, 4.69) is 131 Å². The minimum absolute atomic E-state index is 0.259. The molecule has 0 aromatic heterocycles. The first-order chi connectivity index (χ1) is 25.3. The molecule has 0 spiro atoms. The number of ether oxygens (including phenoxy) is 2. The zero-order valence-electron chi connectivity index (χ0n) is 33.5. The highest BCUT2D eigenvalue weighted by molar-refractivity contribution is 6.00. The van der Waals surface area contributed by atoms with E-state index < -0.39 is 0 Å². The van der Waals surface area contributed by atoms with Crippen LogP contribution in [0.4, 0.5) is 17.1 Å². The second-order valence-electron chi connectivity index (χ2n) is 16.2. The fourth-order valence-corrected chi connectivity index (χ4v) is 6.12. The van der Waals surface area contributed by atoms with Gasteiger partial charge >= 0.3 is 5.97 Å². The van der Waals surface area contributed by atoms with Crippen LogP contribution in [0.3, 0.4) is 0 Å². The van der Waals surface area contributed by atoms with Crippen molar-refractivity contribution in [2.24, 2.45) is 21.1 Å². The van der Waals surface area contributed by atoms with E-state index in [1.165, 1.54) is 48.8 Å². The number of rotatable bonds is 21. The molecule has 0 amide bonds. The molecule has 1 N–H and O–H groups in total. The standard InChI is InChI=1S/C47H63N3O3/c1-35(2)45(51)53-32-18-14-12-10-9-11-13-17-31-52-40-25-21-37(22-26-40)34-48-43-27-28-44(42-20-16-15-19-41(42)43)50-49-39-24-23-38(36(3)33-39)29-30-47(7,8)46(4,5)6/h15-16,19-28,33,48H,1,9-14,17-18,29-32,34H2,2-8H3/b50-49+. The summed E-state index contributed by atoms with van der Waals surface area (Å²) in [5.41, 5.74) is 7.64. The van der Waals surface area contributed by atoms with Crippen molar-refractivity contribution in [1.82, 2.24) is 0 Å². The van der Waals surface area contributed by atoms with Gasteiger partial charge < -0.3 is 14.8 Å². The van der Waals surface area contributed by atoms with Crippen molar-refractivity contribution in [1.29, 1.82) is 0 Å². The monoisotopic (exact) mass is 717 g/mol. The fraction of sp³-hybridized carbons (Fsp3) is 0.468. The maximum Gasteiger partial charge on any atom is 0.333 e. The molecule has 4 aromatic carbocycles. The summed E-state index contributed by atoms with van der Waals surface area (Å²) in [6.07, 6.45) is 11.3. The van der Waals surface area contributed by atoms with Gasteiger partial charge in [-0.25, -0.2) is 4.79 Å². The number of hydrogen-bond donors (Lipinski definition) is 1. The fourth-order valence-electron chi connectivity index (χ4n) is 6.12. The normalized spacial score (nSPS) is 12.0. The molecule has 0 saturated carbocycles. The second kappa shape index (κ2) is 20.1. The smallest absolute Gasteiger partial charge is 0.333 e. The van der Waals surface area contributed by atoms with Gasteiger partial charge in [0.1, 0.15) is 5.75 Å². The van der Waals surface area contributed by atoms with Crippen molar-refractivity contribution in [3.63, 3.8) is 0 Å². The largest absolute Gasteiger partial charge is 0.494 e. The number of aryl methyl sites for hydroxylation is 2. The van der Waals surface area contributed by atoms with E-state index in [-0.39, 0.29) is 16.8 Å². The van der Waals surface area contributed by atoms with Gasteiger partial charge in [0, 0.05) is 28.6 Å². The van der Waals surface area contributed by atoms with E-state index in [1.54, 1.807) is 6.92 Å². The third kappa shape index (κ3) is 13.2. The molecule has 0 aliphatic carbocycles. The molecule has 284 valence electrons. The van der Waals surface area contributed by atoms with Crippen LogP contribution in [-0.4, -0.2) is 19.2 Å². The molecule has 6 nitrogen and oxygen atoms in total. The molecular weight excluding hydrogens is 655 g/mol. The predicted octanol–water partition coefficient (Wildman–Crippen LogP) is 13.8. The van der Waals surface area contributed by atoms with Gasteiger partial charge in [0.05, 0.1) is 24.6 Å². The van der Waals surface area contributed by atoms with E-state index in [0.717, 1.165) is 72.3 Å². The Balaban J connectivity index is 1.19. The van der Waals surface area contributed by atoms with E-state index in [4.69, 9.17) is 14.6 Å². The van der Waals surface area contributed by atoms with E-state index in [0.29, 0.717) is 18.7 Å². The first-order valence-corrected chi connectivity index (χ1v) is 19.7. The summed E-state index contributed by atoms with van der Waals surface area (Å²) in [6, 6.07) is 27.4. The van der Waals surface area contributed by atoms with Gasteiger partial charge in [-0.15, -0.1) is 5.11 Å². The Kier molecular flexibility index (Phi) is 15.7. The van der Waals surface area contributed by atoms with Gasteiger partial charge in [0.15, 0.2) is 0 Å². The average Bonchev–Trinajstić information content (AvgIpc) is 3.13. The molecule has 0 atom stereocenters. The summed E-state index contributed by atoms with van der Waals surface area (Å²) >= 11 is 0. The molecule has 53 heavy (non-hydrogen) atoms. The summed E-state index contributed by atoms with van der Waals surface area (Å²) < 4.78 is 11.2. The van der Waals surface area contributed by atoms with Crippen molar-refractivity contribution in [2.75, 3.05) is 18.5 Å². The maximum atomic E-state index is 11.4. The number of unbranched alkanes of at least 4 members (excludes halogenated alkanes) is 7. The lowest BCUT2D eigenvalue weighted by atomic mass is 9.66. The zero-order valence-corrected chi connectivity index (χ0v) is 33.5. The number of azo groups is 1. The van der Waals surface area contributed by atoms with Crippen LogP contribution >= 0.6 is 0 Å². The Labute approximate surface area is 319 Å². The van der Waals surface area contributed by atoms with Crippen LogP contribution in [0.1, 0.15) is 116 Å². The predicted molar refractivity (Wildman–Crippen MR) is 223 cm³/mol. The molecule has 4 aromatic rings. The number of nitrogens with one attached hydrogen (secondary N) is 1. The van der Waals surface area contributed by atoms with E-state index in [1.807, 2.05) is 6.07 Å². The van der Waals surface area contributed by atoms with Gasteiger partial charge in [-0.2, -0.15) is 5.11 Å². The summed E-state index contributed by atoms with van der Waals surface area (Å²) in [6.45, 7) is 21.1. The molecule has 0 unspecified atom stereocenters. The van der Waals surface area contributed by atoms with Gasteiger partial charge in [0.2, 0.25) is 0 Å². The third-order valence-electron chi connectivity index (χ3n) is 10.8. The number of fused-ring (bicyclic) bond motifs is 1. The van der Waals surface area contributed by atoms with Crippen LogP contribution < -0.4 is 10.1 Å². The van der Waals surface area contributed by atoms with Crippen LogP contribution in [0.15, 0.2) is 101 Å². The lowest BCUT2D eigenvalue weighted by Crippen LogP contribution is -2.30. The van der Waals surface area contributed by atoms with Crippen LogP contribution in [0, 0.1) is 17.8 Å². The molecule has 0 radical (unpaired) electrons. The minimum atomic E-state index is -0.286. The Morgan fingerprint density at radius 3 is 2.04 bits per heavy atom.